The van der Waals surface area contributed by atoms with Crippen LogP contribution in [0.5, 0.6) is 11.5 Å². The molecule has 194 valence electrons. The first-order valence-corrected chi connectivity index (χ1v) is 13.5. The number of rotatable bonds is 9. The molecule has 2 aromatic carbocycles. The summed E-state index contributed by atoms with van der Waals surface area (Å²) in [7, 11) is -0.390. The van der Waals surface area contributed by atoms with Crippen LogP contribution in [0, 0.1) is 11.8 Å². The number of ether oxygens (including phenoxy) is 2. The Labute approximate surface area is 219 Å². The molecule has 1 aliphatic rings. The second-order valence-corrected chi connectivity index (χ2v) is 10.6. The Morgan fingerprint density at radius 3 is 2.05 bits per heavy atom. The highest BCUT2D eigenvalue weighted by Gasteiger charge is 2.29. The molecule has 0 bridgehead atoms. The summed E-state index contributed by atoms with van der Waals surface area (Å²) in [6, 6.07) is 19.0. The molecule has 4 rings (SSSR count). The monoisotopic (exact) mass is 520 g/mol. The van der Waals surface area contributed by atoms with E-state index in [1.54, 1.807) is 33.3 Å². The van der Waals surface area contributed by atoms with E-state index in [9.17, 15) is 8.42 Å². The van der Waals surface area contributed by atoms with E-state index < -0.39 is 10.0 Å². The fourth-order valence-corrected chi connectivity index (χ4v) is 5.59. The van der Waals surface area contributed by atoms with Gasteiger partial charge >= 0.3 is 0 Å². The molecule has 3 aromatic rings. The van der Waals surface area contributed by atoms with Gasteiger partial charge in [0, 0.05) is 38.9 Å². The van der Waals surface area contributed by atoms with Crippen molar-refractivity contribution in [3.63, 3.8) is 0 Å². The predicted octanol–water partition coefficient (Wildman–Crippen LogP) is 3.29. The Balaban J connectivity index is 1.57. The molecular weight excluding hydrogens is 488 g/mol. The number of piperazine rings is 1. The number of hydrogen-bond acceptors (Lipinski definition) is 7. The lowest BCUT2D eigenvalue weighted by Gasteiger charge is -2.30. The van der Waals surface area contributed by atoms with E-state index in [-0.39, 0.29) is 10.9 Å². The van der Waals surface area contributed by atoms with Gasteiger partial charge in [0.05, 0.1) is 20.3 Å². The van der Waals surface area contributed by atoms with Gasteiger partial charge in [-0.3, -0.25) is 0 Å². The van der Waals surface area contributed by atoms with Crippen molar-refractivity contribution in [2.45, 2.75) is 31.0 Å². The normalized spacial score (nSPS) is 15.9. The molecule has 37 heavy (non-hydrogen) atoms. The molecule has 1 saturated heterocycles. The van der Waals surface area contributed by atoms with E-state index in [1.165, 1.54) is 10.5 Å². The van der Waals surface area contributed by atoms with Crippen LogP contribution in [0.2, 0.25) is 0 Å². The van der Waals surface area contributed by atoms with Crippen LogP contribution in [-0.2, 0) is 23.1 Å². The van der Waals surface area contributed by atoms with Gasteiger partial charge in [0.2, 0.25) is 10.0 Å². The first-order chi connectivity index (χ1) is 17.9. The molecule has 0 saturated carbocycles. The highest BCUT2D eigenvalue weighted by Crippen LogP contribution is 2.24. The van der Waals surface area contributed by atoms with Crippen molar-refractivity contribution in [3.05, 3.63) is 78.0 Å². The van der Waals surface area contributed by atoms with Crippen LogP contribution in [0.4, 0.5) is 5.82 Å². The molecule has 9 heteroatoms. The Hall–Kier alpha value is -3.58. The van der Waals surface area contributed by atoms with Crippen LogP contribution in [0.3, 0.4) is 0 Å². The summed E-state index contributed by atoms with van der Waals surface area (Å²) in [5, 5.41) is 3.24. The van der Waals surface area contributed by atoms with Crippen LogP contribution >= 0.6 is 0 Å². The third-order valence-electron chi connectivity index (χ3n) is 6.20. The Bertz CT molecular complexity index is 1280. The summed E-state index contributed by atoms with van der Waals surface area (Å²) in [5.41, 5.74) is 2.16. The van der Waals surface area contributed by atoms with E-state index in [0.29, 0.717) is 38.5 Å². The van der Waals surface area contributed by atoms with Crippen molar-refractivity contribution in [1.82, 2.24) is 14.6 Å². The number of sulfonamides is 1. The zero-order valence-electron chi connectivity index (χ0n) is 21.3. The Kier molecular flexibility index (Phi) is 8.66. The molecule has 0 amide bonds. The number of nitrogens with one attached hydrogen (secondary N) is 1. The van der Waals surface area contributed by atoms with Crippen LogP contribution in [0.15, 0.2) is 71.8 Å². The minimum absolute atomic E-state index is 0.176. The van der Waals surface area contributed by atoms with Crippen molar-refractivity contribution >= 4 is 15.8 Å². The number of aromatic nitrogens is 1. The highest BCUT2D eigenvalue weighted by molar-refractivity contribution is 7.89. The number of benzene rings is 2. The smallest absolute Gasteiger partial charge is 0.244 e. The van der Waals surface area contributed by atoms with Crippen LogP contribution in [0.25, 0.3) is 0 Å². The minimum atomic E-state index is -3.67. The van der Waals surface area contributed by atoms with E-state index in [2.05, 4.69) is 27.0 Å². The largest absolute Gasteiger partial charge is 0.497 e. The molecule has 1 aromatic heterocycles. The third kappa shape index (κ3) is 6.60. The molecule has 1 N–H and O–H groups in total. The van der Waals surface area contributed by atoms with Gasteiger partial charge in [0.15, 0.2) is 0 Å². The maximum atomic E-state index is 13.3. The van der Waals surface area contributed by atoms with Crippen LogP contribution in [-0.4, -0.2) is 57.6 Å². The maximum absolute atomic E-state index is 13.3. The second kappa shape index (κ2) is 12.1. The van der Waals surface area contributed by atoms with Crippen LogP contribution < -0.4 is 19.7 Å². The van der Waals surface area contributed by atoms with E-state index in [1.807, 2.05) is 48.5 Å². The van der Waals surface area contributed by atoms with Crippen molar-refractivity contribution in [1.29, 1.82) is 0 Å². The van der Waals surface area contributed by atoms with Gasteiger partial charge in [-0.05, 0) is 54.4 Å². The van der Waals surface area contributed by atoms with Gasteiger partial charge in [-0.25, -0.2) is 13.4 Å². The van der Waals surface area contributed by atoms with Gasteiger partial charge in [0.25, 0.3) is 0 Å². The zero-order valence-corrected chi connectivity index (χ0v) is 22.2. The third-order valence-corrected chi connectivity index (χ3v) is 8.05. The molecule has 8 nitrogen and oxygen atoms in total. The molecule has 0 unspecified atom stereocenters. The summed E-state index contributed by atoms with van der Waals surface area (Å²) in [5.74, 6) is 8.13. The fraction of sp³-hybridized carbons (Fsp3) is 0.321. The van der Waals surface area contributed by atoms with Crippen LogP contribution in [0.1, 0.15) is 18.1 Å². The molecule has 1 fully saturated rings. The Morgan fingerprint density at radius 2 is 1.57 bits per heavy atom. The molecule has 0 spiro atoms. The number of hydrogen-bond donors (Lipinski definition) is 1. The lowest BCUT2D eigenvalue weighted by Crippen LogP contribution is -2.51. The summed E-state index contributed by atoms with van der Waals surface area (Å²) in [4.78, 5) is 6.87. The minimum Gasteiger partial charge on any atom is -0.497 e. The summed E-state index contributed by atoms with van der Waals surface area (Å²) >= 11 is 0. The Morgan fingerprint density at radius 1 is 0.973 bits per heavy atom. The van der Waals surface area contributed by atoms with E-state index in [0.717, 1.165) is 22.6 Å². The maximum Gasteiger partial charge on any atom is 0.244 e. The fourth-order valence-electron chi connectivity index (χ4n) is 4.19. The number of methoxy groups -OCH3 is 2. The standard InChI is InChI=1S/C28H32N4O4S/c1-4-5-24-21-32(17-16-29-24)37(33,34)27-14-15-28(30-18-27)31(19-22-6-10-25(35-2)11-7-22)20-23-8-12-26(36-3)13-9-23/h6-15,18,24,29H,16-17,19-21H2,1-3H3/t24-/m0/s1. The topological polar surface area (TPSA) is 84.0 Å². The van der Waals surface area contributed by atoms with Crippen molar-refractivity contribution in [2.75, 3.05) is 38.8 Å². The highest BCUT2D eigenvalue weighted by atomic mass is 32.2. The molecule has 1 atom stereocenters. The molecule has 1 aliphatic heterocycles. The van der Waals surface area contributed by atoms with Crippen molar-refractivity contribution in [2.24, 2.45) is 0 Å². The van der Waals surface area contributed by atoms with E-state index in [4.69, 9.17) is 9.47 Å². The molecule has 0 aliphatic carbocycles. The van der Waals surface area contributed by atoms with Gasteiger partial charge in [0.1, 0.15) is 22.2 Å². The van der Waals surface area contributed by atoms with Gasteiger partial charge in [-0.2, -0.15) is 4.31 Å². The van der Waals surface area contributed by atoms with Gasteiger partial charge in [-0.1, -0.05) is 30.2 Å². The number of anilines is 1. The van der Waals surface area contributed by atoms with Gasteiger partial charge in [-0.15, -0.1) is 5.92 Å². The molecular formula is C28H32N4O4S. The molecule has 2 heterocycles. The quantitative estimate of drug-likeness (QED) is 0.434. The molecule has 0 radical (unpaired) electrons. The van der Waals surface area contributed by atoms with E-state index >= 15 is 0 Å². The average Bonchev–Trinajstić information content (AvgIpc) is 2.94. The lowest BCUT2D eigenvalue weighted by molar-refractivity contribution is 0.331. The zero-order chi connectivity index (χ0) is 26.3. The second-order valence-electron chi connectivity index (χ2n) is 8.67. The summed E-state index contributed by atoms with van der Waals surface area (Å²) in [6.07, 6.45) is 1.45. The average molecular weight is 521 g/mol. The van der Waals surface area contributed by atoms with Gasteiger partial charge < -0.3 is 19.7 Å². The first-order valence-electron chi connectivity index (χ1n) is 12.1. The predicted molar refractivity (Wildman–Crippen MR) is 144 cm³/mol. The summed E-state index contributed by atoms with van der Waals surface area (Å²) in [6.45, 7) is 4.19. The first kappa shape index (κ1) is 26.5. The summed E-state index contributed by atoms with van der Waals surface area (Å²) < 4.78 is 38.6. The lowest BCUT2D eigenvalue weighted by atomic mass is 10.1. The van der Waals surface area contributed by atoms with Crippen molar-refractivity contribution < 1.29 is 17.9 Å². The van der Waals surface area contributed by atoms with Crippen molar-refractivity contribution in [3.8, 4) is 23.3 Å². The number of nitrogens with zero attached hydrogens (tertiary/aromatic N) is 3. The number of pyridine rings is 1. The SMILES string of the molecule is CC#C[C@H]1CN(S(=O)(=O)c2ccc(N(Cc3ccc(OC)cc3)Cc3ccc(OC)cc3)nc2)CCN1.